The van der Waals surface area contributed by atoms with E-state index in [0.29, 0.717) is 37.9 Å². The molecule has 1 amide bonds. The van der Waals surface area contributed by atoms with E-state index in [9.17, 15) is 25.2 Å². The highest BCUT2D eigenvalue weighted by molar-refractivity contribution is 6.30. The Morgan fingerprint density at radius 1 is 1.00 bits per heavy atom. The number of hydrogen-bond acceptors (Lipinski definition) is 6. The first-order valence-corrected chi connectivity index (χ1v) is 13.5. The van der Waals surface area contributed by atoms with E-state index in [2.05, 4.69) is 0 Å². The van der Waals surface area contributed by atoms with Crippen LogP contribution in [-0.2, 0) is 22.6 Å². The first-order valence-electron chi connectivity index (χ1n) is 12.7. The molecule has 1 heterocycles. The maximum atomic E-state index is 14.2. The number of nitrogens with zero attached hydrogens (tertiary/aromatic N) is 1. The number of fused-ring (bicyclic) bond motifs is 1. The van der Waals surface area contributed by atoms with Gasteiger partial charge in [0.1, 0.15) is 0 Å². The molecule has 7 nitrogen and oxygen atoms in total. The van der Waals surface area contributed by atoms with Crippen molar-refractivity contribution in [2.45, 2.75) is 50.8 Å². The fraction of sp³-hybridized carbons (Fsp3) is 0.367. The highest BCUT2D eigenvalue weighted by Crippen LogP contribution is 2.52. The Bertz CT molecular complexity index is 1400. The Labute approximate surface area is 237 Å². The molecule has 9 heteroatoms. The van der Waals surface area contributed by atoms with Crippen molar-refractivity contribution >= 4 is 29.1 Å². The summed E-state index contributed by atoms with van der Waals surface area (Å²) >= 11 is 12.4. The molecule has 3 aromatic rings. The van der Waals surface area contributed by atoms with Crippen LogP contribution in [-0.4, -0.2) is 44.4 Å². The largest absolute Gasteiger partial charge is 0.396 e. The maximum Gasteiger partial charge on any atom is 0.257 e. The highest BCUT2D eigenvalue weighted by Gasteiger charge is 2.55. The molecule has 206 valence electrons. The van der Waals surface area contributed by atoms with Crippen LogP contribution in [0.5, 0.6) is 0 Å². The van der Waals surface area contributed by atoms with Gasteiger partial charge in [-0.2, -0.15) is 0 Å². The lowest BCUT2D eigenvalue weighted by Crippen LogP contribution is -2.47. The molecule has 0 saturated heterocycles. The van der Waals surface area contributed by atoms with Crippen LogP contribution in [0.1, 0.15) is 71.2 Å². The van der Waals surface area contributed by atoms with Crippen LogP contribution in [0, 0.1) is 5.41 Å². The minimum absolute atomic E-state index is 0.0375. The topological polar surface area (TPSA) is 110 Å². The monoisotopic (exact) mass is 571 g/mol. The lowest BCUT2D eigenvalue weighted by molar-refractivity contribution is -0.129. The molecular formula is C30H31Cl2NO6. The Balaban J connectivity index is 1.72. The summed E-state index contributed by atoms with van der Waals surface area (Å²) in [6.45, 7) is 3.41. The van der Waals surface area contributed by atoms with Gasteiger partial charge in [-0.05, 0) is 68.1 Å². The van der Waals surface area contributed by atoms with Crippen molar-refractivity contribution in [2.24, 2.45) is 5.41 Å². The summed E-state index contributed by atoms with van der Waals surface area (Å²) in [4.78, 5) is 15.8. The molecule has 1 atom stereocenters. The summed E-state index contributed by atoms with van der Waals surface area (Å²) in [5.74, 6) is -0.353. The Morgan fingerprint density at radius 2 is 1.67 bits per heavy atom. The summed E-state index contributed by atoms with van der Waals surface area (Å²) < 4.78 is 6.75. The number of rotatable bonds is 9. The molecule has 0 unspecified atom stereocenters. The van der Waals surface area contributed by atoms with E-state index in [1.807, 2.05) is 0 Å². The Kier molecular flexibility index (Phi) is 7.31. The third kappa shape index (κ3) is 5.09. The number of ether oxygens (including phenoxy) is 1. The van der Waals surface area contributed by atoms with Gasteiger partial charge in [-0.1, -0.05) is 53.5 Å². The van der Waals surface area contributed by atoms with Gasteiger partial charge in [0.15, 0.2) is 12.0 Å². The lowest BCUT2D eigenvalue weighted by Gasteiger charge is -2.41. The molecule has 2 aliphatic rings. The van der Waals surface area contributed by atoms with Crippen LogP contribution in [0.3, 0.4) is 0 Å². The fourth-order valence-electron chi connectivity index (χ4n) is 5.14. The average molecular weight is 572 g/mol. The van der Waals surface area contributed by atoms with E-state index in [4.69, 9.17) is 27.9 Å². The van der Waals surface area contributed by atoms with Crippen LogP contribution < -0.4 is 0 Å². The summed E-state index contributed by atoms with van der Waals surface area (Å²) in [5, 5.41) is 41.8. The van der Waals surface area contributed by atoms with Crippen molar-refractivity contribution in [3.63, 3.8) is 0 Å². The normalized spacial score (nSPS) is 20.0. The molecule has 0 aromatic heterocycles. The number of aliphatic hydroxyl groups excluding tert-OH is 2. The van der Waals surface area contributed by atoms with Crippen LogP contribution in [0.4, 0.5) is 0 Å². The molecule has 1 aliphatic carbocycles. The fourth-order valence-corrected chi connectivity index (χ4v) is 5.45. The lowest BCUT2D eigenvalue weighted by atomic mass is 9.89. The van der Waals surface area contributed by atoms with Crippen LogP contribution >= 0.6 is 23.2 Å². The van der Waals surface area contributed by atoms with Crippen molar-refractivity contribution < 1.29 is 30.0 Å². The third-order valence-corrected chi connectivity index (χ3v) is 8.26. The second kappa shape index (κ2) is 10.2. The second-order valence-corrected chi connectivity index (χ2v) is 11.9. The van der Waals surface area contributed by atoms with Crippen molar-refractivity contribution in [1.82, 2.24) is 4.90 Å². The van der Waals surface area contributed by atoms with Crippen LogP contribution in [0.15, 0.2) is 60.7 Å². The van der Waals surface area contributed by atoms with Crippen LogP contribution in [0.25, 0.3) is 0 Å². The van der Waals surface area contributed by atoms with Gasteiger partial charge in [0.2, 0.25) is 0 Å². The summed E-state index contributed by atoms with van der Waals surface area (Å²) in [7, 11) is 0. The Hall–Kier alpha value is -2.49. The predicted octanol–water partition coefficient (Wildman–Crippen LogP) is 4.85. The van der Waals surface area contributed by atoms with Gasteiger partial charge in [-0.3, -0.25) is 9.69 Å². The van der Waals surface area contributed by atoms with E-state index in [-0.39, 0.29) is 31.2 Å². The number of carbonyl (C=O) groups is 1. The van der Waals surface area contributed by atoms with Gasteiger partial charge in [0, 0.05) is 44.3 Å². The van der Waals surface area contributed by atoms with Crippen molar-refractivity contribution in [1.29, 1.82) is 0 Å². The molecule has 3 aromatic carbocycles. The van der Waals surface area contributed by atoms with Gasteiger partial charge in [-0.25, -0.2) is 0 Å². The standard InChI is InChI=1S/C30H31Cl2NO6/c1-28(2,38)20-6-10-25-24(13-20)26(35)33(15-18-3-7-22(32)14-23(18)27(36)37)30(25,19-4-8-21(31)9-5-19)39-17-29(16-34)11-12-29/h3-10,13-14,27,34,36-38H,11-12,15-17H2,1-2H3/t30-/m1/s1. The van der Waals surface area contributed by atoms with E-state index in [1.165, 1.54) is 6.07 Å². The summed E-state index contributed by atoms with van der Waals surface area (Å²) in [6, 6.07) is 17.0. The molecular weight excluding hydrogens is 541 g/mol. The summed E-state index contributed by atoms with van der Waals surface area (Å²) in [6.07, 6.45) is -0.205. The number of hydrogen-bond donors (Lipinski definition) is 4. The summed E-state index contributed by atoms with van der Waals surface area (Å²) in [5.41, 5.74) is -0.210. The highest BCUT2D eigenvalue weighted by atomic mass is 35.5. The van der Waals surface area contributed by atoms with Gasteiger partial charge >= 0.3 is 0 Å². The maximum absolute atomic E-state index is 14.2. The van der Waals surface area contributed by atoms with Gasteiger partial charge in [-0.15, -0.1) is 0 Å². The average Bonchev–Trinajstić information content (AvgIpc) is 3.64. The first kappa shape index (κ1) is 28.1. The van der Waals surface area contributed by atoms with Gasteiger partial charge in [0.05, 0.1) is 18.8 Å². The number of halogens is 2. The van der Waals surface area contributed by atoms with Crippen molar-refractivity contribution in [3.8, 4) is 0 Å². The van der Waals surface area contributed by atoms with E-state index in [0.717, 1.165) is 12.8 Å². The molecule has 39 heavy (non-hydrogen) atoms. The Morgan fingerprint density at radius 3 is 2.26 bits per heavy atom. The number of benzene rings is 3. The smallest absolute Gasteiger partial charge is 0.257 e. The molecule has 5 rings (SSSR count). The van der Waals surface area contributed by atoms with E-state index < -0.39 is 23.0 Å². The molecule has 0 radical (unpaired) electrons. The first-order chi connectivity index (χ1) is 18.4. The zero-order valence-corrected chi connectivity index (χ0v) is 23.2. The predicted molar refractivity (Wildman–Crippen MR) is 147 cm³/mol. The number of aliphatic hydroxyl groups is 4. The zero-order chi connectivity index (χ0) is 28.2. The van der Waals surface area contributed by atoms with Crippen molar-refractivity contribution in [2.75, 3.05) is 13.2 Å². The third-order valence-electron chi connectivity index (χ3n) is 7.78. The molecule has 4 N–H and O–H groups in total. The second-order valence-electron chi connectivity index (χ2n) is 11.0. The van der Waals surface area contributed by atoms with E-state index in [1.54, 1.807) is 73.3 Å². The SMILES string of the molecule is CC(C)(O)c1ccc2c(c1)C(=O)N(Cc1ccc(Cl)cc1C(O)O)[C@@]2(OCC1(CO)CC1)c1ccc(Cl)cc1. The van der Waals surface area contributed by atoms with E-state index >= 15 is 0 Å². The molecule has 1 aliphatic heterocycles. The molecule has 1 fully saturated rings. The van der Waals surface area contributed by atoms with Crippen LogP contribution in [0.2, 0.25) is 10.0 Å². The number of carbonyl (C=O) groups excluding carboxylic acids is 1. The minimum atomic E-state index is -1.81. The minimum Gasteiger partial charge on any atom is -0.396 e. The van der Waals surface area contributed by atoms with Gasteiger partial charge < -0.3 is 25.2 Å². The number of amides is 1. The quantitative estimate of drug-likeness (QED) is 0.273. The molecule has 0 bridgehead atoms. The zero-order valence-electron chi connectivity index (χ0n) is 21.7. The van der Waals surface area contributed by atoms with Crippen molar-refractivity contribution in [3.05, 3.63) is 104 Å². The van der Waals surface area contributed by atoms with Gasteiger partial charge in [0.25, 0.3) is 5.91 Å². The molecule has 1 saturated carbocycles. The molecule has 0 spiro atoms.